The zero-order valence-corrected chi connectivity index (χ0v) is 11.9. The van der Waals surface area contributed by atoms with Crippen LogP contribution in [0.15, 0.2) is 18.2 Å². The summed E-state index contributed by atoms with van der Waals surface area (Å²) in [5.74, 6) is 0. The van der Waals surface area contributed by atoms with E-state index in [4.69, 9.17) is 0 Å². The first-order valence-corrected chi connectivity index (χ1v) is 4.05. The molecular weight excluding hydrogens is 235 g/mol. The molecule has 0 aliphatic carbocycles. The van der Waals surface area contributed by atoms with Crippen molar-refractivity contribution in [3.63, 3.8) is 0 Å². The fourth-order valence-corrected chi connectivity index (χ4v) is 1.23. The molecule has 0 heterocycles. The van der Waals surface area contributed by atoms with Crippen molar-refractivity contribution in [1.29, 1.82) is 0 Å². The topological polar surface area (TPSA) is 12.0 Å². The summed E-state index contributed by atoms with van der Waals surface area (Å²) in [5, 5.41) is 3.15. The van der Waals surface area contributed by atoms with Crippen molar-refractivity contribution in [2.45, 2.75) is 20.3 Å². The standard InChI is InChI=1S/C10H15N.CH3.Y/c1-4-9-5-6-10(11-3)8(2)7-9;;/h5-7,11H,4H2,1-3H3;1H3;/q;-1;. The van der Waals surface area contributed by atoms with E-state index in [1.807, 2.05) is 7.05 Å². The van der Waals surface area contributed by atoms with Crippen molar-refractivity contribution < 1.29 is 32.7 Å². The Kier molecular flexibility index (Phi) is 9.02. The minimum Gasteiger partial charge on any atom is -0.388 e. The molecule has 0 saturated carbocycles. The molecule has 1 radical (unpaired) electrons. The van der Waals surface area contributed by atoms with Gasteiger partial charge >= 0.3 is 0 Å². The summed E-state index contributed by atoms with van der Waals surface area (Å²) in [6.07, 6.45) is 1.12. The Morgan fingerprint density at radius 2 is 1.92 bits per heavy atom. The Labute approximate surface area is 107 Å². The third-order valence-corrected chi connectivity index (χ3v) is 1.97. The zero-order valence-electron chi connectivity index (χ0n) is 9.02. The van der Waals surface area contributed by atoms with E-state index in [-0.39, 0.29) is 40.1 Å². The SMILES string of the molecule is CCc1ccc(NC)c(C)c1.[CH3-].[Y]. The second kappa shape index (κ2) is 7.52. The summed E-state index contributed by atoms with van der Waals surface area (Å²) >= 11 is 0. The Morgan fingerprint density at radius 3 is 2.31 bits per heavy atom. The number of aryl methyl sites for hydroxylation is 2. The second-order valence-corrected chi connectivity index (χ2v) is 2.75. The smallest absolute Gasteiger partial charge is 0.0367 e. The Balaban J connectivity index is 0. The quantitative estimate of drug-likeness (QED) is 0.799. The van der Waals surface area contributed by atoms with Crippen LogP contribution in [0.2, 0.25) is 0 Å². The van der Waals surface area contributed by atoms with Crippen LogP contribution in [0.4, 0.5) is 5.69 Å². The van der Waals surface area contributed by atoms with E-state index >= 15 is 0 Å². The fourth-order valence-electron chi connectivity index (χ4n) is 1.23. The maximum absolute atomic E-state index is 3.15. The van der Waals surface area contributed by atoms with Gasteiger partial charge in [-0.1, -0.05) is 19.1 Å². The van der Waals surface area contributed by atoms with Crippen molar-refractivity contribution in [1.82, 2.24) is 0 Å². The number of benzene rings is 1. The van der Waals surface area contributed by atoms with Crippen LogP contribution in [-0.2, 0) is 39.1 Å². The molecule has 1 N–H and O–H groups in total. The van der Waals surface area contributed by atoms with Gasteiger partial charge in [-0.25, -0.2) is 0 Å². The molecule has 2 heteroatoms. The first kappa shape index (κ1) is 15.6. The minimum absolute atomic E-state index is 0. The molecule has 71 valence electrons. The van der Waals surface area contributed by atoms with E-state index in [9.17, 15) is 0 Å². The third-order valence-electron chi connectivity index (χ3n) is 1.97. The van der Waals surface area contributed by atoms with Gasteiger partial charge in [0.15, 0.2) is 0 Å². The molecule has 1 rings (SSSR count). The van der Waals surface area contributed by atoms with E-state index in [2.05, 4.69) is 37.4 Å². The molecule has 0 aromatic heterocycles. The first-order chi connectivity index (χ1) is 5.27. The minimum atomic E-state index is 0. The van der Waals surface area contributed by atoms with Gasteiger partial charge in [-0.2, -0.15) is 0 Å². The molecular formula is C11H18NY-. The number of hydrogen-bond donors (Lipinski definition) is 1. The Bertz CT molecular complexity index is 246. The van der Waals surface area contributed by atoms with Crippen LogP contribution in [-0.4, -0.2) is 7.05 Å². The summed E-state index contributed by atoms with van der Waals surface area (Å²) < 4.78 is 0. The largest absolute Gasteiger partial charge is 0.388 e. The molecule has 0 amide bonds. The van der Waals surface area contributed by atoms with Crippen LogP contribution in [0.25, 0.3) is 0 Å². The van der Waals surface area contributed by atoms with Crippen LogP contribution >= 0.6 is 0 Å². The monoisotopic (exact) mass is 253 g/mol. The predicted molar refractivity (Wildman–Crippen MR) is 56.5 cm³/mol. The van der Waals surface area contributed by atoms with Gasteiger partial charge in [0.05, 0.1) is 0 Å². The molecule has 0 bridgehead atoms. The molecule has 0 aliphatic rings. The van der Waals surface area contributed by atoms with Gasteiger partial charge in [0, 0.05) is 45.4 Å². The Hall–Kier alpha value is 0.124. The maximum atomic E-state index is 3.15. The van der Waals surface area contributed by atoms with Gasteiger partial charge in [0.1, 0.15) is 0 Å². The van der Waals surface area contributed by atoms with Crippen molar-refractivity contribution in [3.05, 3.63) is 36.8 Å². The summed E-state index contributed by atoms with van der Waals surface area (Å²) in [6, 6.07) is 6.53. The Morgan fingerprint density at radius 1 is 1.31 bits per heavy atom. The molecule has 0 aliphatic heterocycles. The molecule has 0 unspecified atom stereocenters. The number of anilines is 1. The molecule has 13 heavy (non-hydrogen) atoms. The number of nitrogens with one attached hydrogen (secondary N) is 1. The van der Waals surface area contributed by atoms with E-state index in [0.29, 0.717) is 0 Å². The summed E-state index contributed by atoms with van der Waals surface area (Å²) in [5.41, 5.74) is 3.95. The molecule has 1 aromatic rings. The molecule has 1 aromatic carbocycles. The van der Waals surface area contributed by atoms with Crippen LogP contribution < -0.4 is 5.32 Å². The van der Waals surface area contributed by atoms with E-state index in [1.54, 1.807) is 0 Å². The molecule has 0 spiro atoms. The molecule has 0 saturated heterocycles. The average Bonchev–Trinajstić information content (AvgIpc) is 2.04. The number of rotatable bonds is 2. The summed E-state index contributed by atoms with van der Waals surface area (Å²) in [6.45, 7) is 4.30. The number of hydrogen-bond acceptors (Lipinski definition) is 1. The van der Waals surface area contributed by atoms with Crippen molar-refractivity contribution >= 4 is 5.69 Å². The van der Waals surface area contributed by atoms with Gasteiger partial charge in [-0.05, 0) is 30.5 Å². The average molecular weight is 253 g/mol. The zero-order chi connectivity index (χ0) is 8.27. The van der Waals surface area contributed by atoms with Crippen LogP contribution in [0, 0.1) is 14.4 Å². The van der Waals surface area contributed by atoms with E-state index in [0.717, 1.165) is 6.42 Å². The fraction of sp³-hybridized carbons (Fsp3) is 0.364. The molecule has 0 atom stereocenters. The van der Waals surface area contributed by atoms with Crippen molar-refractivity contribution in [2.24, 2.45) is 0 Å². The predicted octanol–water partition coefficient (Wildman–Crippen LogP) is 3.05. The second-order valence-electron chi connectivity index (χ2n) is 2.75. The first-order valence-electron chi connectivity index (χ1n) is 4.05. The maximum Gasteiger partial charge on any atom is 0.0367 e. The van der Waals surface area contributed by atoms with Crippen molar-refractivity contribution in [2.75, 3.05) is 12.4 Å². The van der Waals surface area contributed by atoms with Gasteiger partial charge < -0.3 is 12.7 Å². The van der Waals surface area contributed by atoms with Crippen LogP contribution in [0.5, 0.6) is 0 Å². The van der Waals surface area contributed by atoms with E-state index < -0.39 is 0 Å². The van der Waals surface area contributed by atoms with E-state index in [1.165, 1.54) is 16.8 Å². The van der Waals surface area contributed by atoms with Crippen LogP contribution in [0.3, 0.4) is 0 Å². The van der Waals surface area contributed by atoms with Gasteiger partial charge in [-0.15, -0.1) is 0 Å². The molecule has 0 fully saturated rings. The van der Waals surface area contributed by atoms with Crippen LogP contribution in [0.1, 0.15) is 18.1 Å². The normalized spacial score (nSPS) is 8.23. The summed E-state index contributed by atoms with van der Waals surface area (Å²) in [7, 11) is 1.95. The summed E-state index contributed by atoms with van der Waals surface area (Å²) in [4.78, 5) is 0. The van der Waals surface area contributed by atoms with Crippen molar-refractivity contribution in [3.8, 4) is 0 Å². The molecule has 1 nitrogen and oxygen atoms in total. The third kappa shape index (κ3) is 4.24. The van der Waals surface area contributed by atoms with Gasteiger partial charge in [0.25, 0.3) is 0 Å². The van der Waals surface area contributed by atoms with Gasteiger partial charge in [-0.3, -0.25) is 0 Å². The van der Waals surface area contributed by atoms with Gasteiger partial charge in [0.2, 0.25) is 0 Å².